The molecular formula is C18H29NO2. The van der Waals surface area contributed by atoms with Crippen LogP contribution in [0.25, 0.3) is 0 Å². The van der Waals surface area contributed by atoms with Crippen molar-refractivity contribution in [3.8, 4) is 0 Å². The molecule has 0 saturated heterocycles. The minimum Gasteiger partial charge on any atom is -0.465 e. The van der Waals surface area contributed by atoms with Crippen molar-refractivity contribution < 1.29 is 9.53 Å². The summed E-state index contributed by atoms with van der Waals surface area (Å²) in [6.45, 7) is 2.72. The number of ether oxygens (including phenoxy) is 1. The molecule has 0 heterocycles. The Bertz CT molecular complexity index is 378. The summed E-state index contributed by atoms with van der Waals surface area (Å²) in [7, 11) is 0. The van der Waals surface area contributed by atoms with Crippen LogP contribution in [0.15, 0.2) is 30.3 Å². The zero-order valence-corrected chi connectivity index (χ0v) is 13.2. The van der Waals surface area contributed by atoms with Gasteiger partial charge in [-0.05, 0) is 18.4 Å². The van der Waals surface area contributed by atoms with Crippen molar-refractivity contribution in [1.29, 1.82) is 0 Å². The standard InChI is InChI=1S/C18H29NO2/c1-2-3-4-5-6-7-11-14-21-18(20)17(19)15-16-12-9-8-10-13-16/h8-10,12-13,17H,2-7,11,14-15,19H2,1H3. The van der Waals surface area contributed by atoms with E-state index in [9.17, 15) is 4.79 Å². The number of carbonyl (C=O) groups is 1. The molecule has 1 rings (SSSR count). The third-order valence-electron chi connectivity index (χ3n) is 3.59. The number of rotatable bonds is 11. The maximum atomic E-state index is 11.8. The lowest BCUT2D eigenvalue weighted by Gasteiger charge is -2.11. The summed E-state index contributed by atoms with van der Waals surface area (Å²) in [5.41, 5.74) is 6.94. The summed E-state index contributed by atoms with van der Waals surface area (Å²) >= 11 is 0. The molecule has 2 N–H and O–H groups in total. The molecule has 21 heavy (non-hydrogen) atoms. The topological polar surface area (TPSA) is 52.3 Å². The predicted octanol–water partition coefficient (Wildman–Crippen LogP) is 3.85. The Labute approximate surface area is 128 Å². The van der Waals surface area contributed by atoms with Gasteiger partial charge in [-0.25, -0.2) is 0 Å². The largest absolute Gasteiger partial charge is 0.465 e. The molecule has 1 atom stereocenters. The lowest BCUT2D eigenvalue weighted by atomic mass is 10.1. The highest BCUT2D eigenvalue weighted by Gasteiger charge is 2.15. The number of hydrogen-bond donors (Lipinski definition) is 1. The van der Waals surface area contributed by atoms with Crippen molar-refractivity contribution in [2.24, 2.45) is 5.73 Å². The third-order valence-corrected chi connectivity index (χ3v) is 3.59. The maximum Gasteiger partial charge on any atom is 0.323 e. The van der Waals surface area contributed by atoms with Gasteiger partial charge in [0.05, 0.1) is 6.61 Å². The smallest absolute Gasteiger partial charge is 0.323 e. The molecule has 1 aromatic rings. The summed E-state index contributed by atoms with van der Waals surface area (Å²) in [4.78, 5) is 11.8. The van der Waals surface area contributed by atoms with E-state index in [0.29, 0.717) is 13.0 Å². The molecule has 0 amide bonds. The molecule has 3 nitrogen and oxygen atoms in total. The highest BCUT2D eigenvalue weighted by molar-refractivity contribution is 5.75. The van der Waals surface area contributed by atoms with Gasteiger partial charge in [0.15, 0.2) is 0 Å². The number of carbonyl (C=O) groups excluding carboxylic acids is 1. The van der Waals surface area contributed by atoms with Crippen LogP contribution in [-0.4, -0.2) is 18.6 Å². The van der Waals surface area contributed by atoms with E-state index in [1.165, 1.54) is 32.1 Å². The van der Waals surface area contributed by atoms with Gasteiger partial charge in [0, 0.05) is 0 Å². The van der Waals surface area contributed by atoms with Crippen LogP contribution in [0.5, 0.6) is 0 Å². The average Bonchev–Trinajstić information content (AvgIpc) is 2.50. The van der Waals surface area contributed by atoms with E-state index in [1.807, 2.05) is 30.3 Å². The number of esters is 1. The summed E-state index contributed by atoms with van der Waals surface area (Å²) in [5.74, 6) is -0.287. The highest BCUT2D eigenvalue weighted by Crippen LogP contribution is 2.07. The summed E-state index contributed by atoms with van der Waals surface area (Å²) in [6.07, 6.45) is 9.04. The lowest BCUT2D eigenvalue weighted by Crippen LogP contribution is -2.34. The Morgan fingerprint density at radius 1 is 1.05 bits per heavy atom. The summed E-state index contributed by atoms with van der Waals surface area (Å²) in [5, 5.41) is 0. The fourth-order valence-electron chi connectivity index (χ4n) is 2.29. The van der Waals surface area contributed by atoms with E-state index in [4.69, 9.17) is 10.5 Å². The van der Waals surface area contributed by atoms with Crippen molar-refractivity contribution in [2.75, 3.05) is 6.61 Å². The maximum absolute atomic E-state index is 11.8. The molecule has 0 spiro atoms. The van der Waals surface area contributed by atoms with Crippen LogP contribution in [-0.2, 0) is 16.0 Å². The molecule has 1 aromatic carbocycles. The highest BCUT2D eigenvalue weighted by atomic mass is 16.5. The number of unbranched alkanes of at least 4 members (excludes halogenated alkanes) is 6. The second-order valence-corrected chi connectivity index (χ2v) is 5.59. The SMILES string of the molecule is CCCCCCCCCOC(=O)C(N)Cc1ccccc1. The molecule has 0 fully saturated rings. The van der Waals surface area contributed by atoms with Crippen molar-refractivity contribution in [3.63, 3.8) is 0 Å². The van der Waals surface area contributed by atoms with Gasteiger partial charge >= 0.3 is 5.97 Å². The van der Waals surface area contributed by atoms with E-state index in [2.05, 4.69) is 6.92 Å². The zero-order valence-electron chi connectivity index (χ0n) is 13.2. The Kier molecular flexibility index (Phi) is 9.55. The Morgan fingerprint density at radius 2 is 1.67 bits per heavy atom. The van der Waals surface area contributed by atoms with E-state index >= 15 is 0 Å². The van der Waals surface area contributed by atoms with Crippen molar-refractivity contribution in [3.05, 3.63) is 35.9 Å². The van der Waals surface area contributed by atoms with E-state index in [-0.39, 0.29) is 5.97 Å². The fraction of sp³-hybridized carbons (Fsp3) is 0.611. The molecule has 0 aliphatic heterocycles. The van der Waals surface area contributed by atoms with Gasteiger partial charge in [0.2, 0.25) is 0 Å². The average molecular weight is 291 g/mol. The van der Waals surface area contributed by atoms with Crippen LogP contribution in [0, 0.1) is 0 Å². The van der Waals surface area contributed by atoms with Gasteiger partial charge in [0.25, 0.3) is 0 Å². The van der Waals surface area contributed by atoms with E-state index < -0.39 is 6.04 Å². The second-order valence-electron chi connectivity index (χ2n) is 5.59. The quantitative estimate of drug-likeness (QED) is 0.497. The van der Waals surface area contributed by atoms with Gasteiger partial charge in [0.1, 0.15) is 6.04 Å². The molecule has 0 aliphatic carbocycles. The van der Waals surface area contributed by atoms with Crippen LogP contribution >= 0.6 is 0 Å². The first-order valence-corrected chi connectivity index (χ1v) is 8.20. The van der Waals surface area contributed by atoms with Crippen LogP contribution in [0.4, 0.5) is 0 Å². The van der Waals surface area contributed by atoms with Gasteiger partial charge < -0.3 is 10.5 Å². The molecule has 0 radical (unpaired) electrons. The fourth-order valence-corrected chi connectivity index (χ4v) is 2.29. The minimum absolute atomic E-state index is 0.287. The third kappa shape index (κ3) is 8.51. The van der Waals surface area contributed by atoms with Gasteiger partial charge in [-0.15, -0.1) is 0 Å². The first-order chi connectivity index (χ1) is 10.2. The molecule has 0 aliphatic rings. The molecular weight excluding hydrogens is 262 g/mol. The van der Waals surface area contributed by atoms with Crippen LogP contribution in [0.2, 0.25) is 0 Å². The number of hydrogen-bond acceptors (Lipinski definition) is 3. The lowest BCUT2D eigenvalue weighted by molar-refractivity contribution is -0.145. The summed E-state index contributed by atoms with van der Waals surface area (Å²) < 4.78 is 5.24. The normalized spacial score (nSPS) is 12.1. The van der Waals surface area contributed by atoms with Crippen molar-refractivity contribution >= 4 is 5.97 Å². The van der Waals surface area contributed by atoms with Crippen molar-refractivity contribution in [2.45, 2.75) is 64.3 Å². The Balaban J connectivity index is 2.05. The predicted molar refractivity (Wildman–Crippen MR) is 87.1 cm³/mol. The zero-order chi connectivity index (χ0) is 15.3. The first kappa shape index (κ1) is 17.7. The number of benzene rings is 1. The summed E-state index contributed by atoms with van der Waals surface area (Å²) in [6, 6.07) is 9.25. The molecule has 0 saturated carbocycles. The minimum atomic E-state index is -0.558. The Morgan fingerprint density at radius 3 is 2.33 bits per heavy atom. The molecule has 0 bridgehead atoms. The van der Waals surface area contributed by atoms with E-state index in [1.54, 1.807) is 0 Å². The second kappa shape index (κ2) is 11.3. The molecule has 1 unspecified atom stereocenters. The first-order valence-electron chi connectivity index (χ1n) is 8.20. The van der Waals surface area contributed by atoms with Crippen LogP contribution < -0.4 is 5.73 Å². The number of nitrogens with two attached hydrogens (primary N) is 1. The Hall–Kier alpha value is -1.35. The van der Waals surface area contributed by atoms with Gasteiger partial charge in [-0.2, -0.15) is 0 Å². The van der Waals surface area contributed by atoms with Crippen molar-refractivity contribution in [1.82, 2.24) is 0 Å². The van der Waals surface area contributed by atoms with Gasteiger partial charge in [-0.3, -0.25) is 4.79 Å². The van der Waals surface area contributed by atoms with Crippen LogP contribution in [0.1, 0.15) is 57.4 Å². The van der Waals surface area contributed by atoms with Gasteiger partial charge in [-0.1, -0.05) is 75.8 Å². The molecule has 0 aromatic heterocycles. The van der Waals surface area contributed by atoms with Crippen LogP contribution in [0.3, 0.4) is 0 Å². The molecule has 3 heteroatoms. The van der Waals surface area contributed by atoms with E-state index in [0.717, 1.165) is 18.4 Å². The monoisotopic (exact) mass is 291 g/mol. The molecule has 118 valence electrons.